The number of para-hydroxylation sites is 1. The van der Waals surface area contributed by atoms with Crippen LogP contribution in [0.3, 0.4) is 0 Å². The number of rotatable bonds is 6. The molecule has 0 amide bonds. The highest BCUT2D eigenvalue weighted by Gasteiger charge is 2.00. The second-order valence-electron chi connectivity index (χ2n) is 3.61. The molecule has 5 heteroatoms. The van der Waals surface area contributed by atoms with Crippen molar-refractivity contribution in [1.82, 2.24) is 15.0 Å². The van der Waals surface area contributed by atoms with E-state index < -0.39 is 0 Å². The third kappa shape index (κ3) is 3.57. The number of aliphatic hydroxyl groups is 1. The van der Waals surface area contributed by atoms with Gasteiger partial charge in [-0.3, -0.25) is 0 Å². The molecule has 1 aromatic heterocycles. The number of hydrogen-bond donors (Lipinski definition) is 1. The molecule has 0 saturated heterocycles. The van der Waals surface area contributed by atoms with E-state index in [0.29, 0.717) is 19.6 Å². The average molecular weight is 233 g/mol. The minimum absolute atomic E-state index is 0.0964. The van der Waals surface area contributed by atoms with E-state index in [1.165, 1.54) is 0 Å². The maximum absolute atomic E-state index is 8.75. The number of ether oxygens (including phenoxy) is 1. The van der Waals surface area contributed by atoms with Crippen LogP contribution in [0.2, 0.25) is 0 Å². The molecule has 1 N–H and O–H groups in total. The van der Waals surface area contributed by atoms with Gasteiger partial charge in [-0.15, -0.1) is 5.10 Å². The molecule has 0 radical (unpaired) electrons. The zero-order valence-electron chi connectivity index (χ0n) is 9.49. The zero-order chi connectivity index (χ0) is 11.9. The Morgan fingerprint density at radius 3 is 2.82 bits per heavy atom. The van der Waals surface area contributed by atoms with E-state index >= 15 is 0 Å². The summed E-state index contributed by atoms with van der Waals surface area (Å²) >= 11 is 0. The average Bonchev–Trinajstić information content (AvgIpc) is 2.79. The van der Waals surface area contributed by atoms with Crippen molar-refractivity contribution in [1.29, 1.82) is 0 Å². The molecule has 17 heavy (non-hydrogen) atoms. The molecule has 2 rings (SSSR count). The van der Waals surface area contributed by atoms with Gasteiger partial charge in [0.15, 0.2) is 0 Å². The van der Waals surface area contributed by atoms with Crippen LogP contribution in [-0.2, 0) is 13.0 Å². The van der Waals surface area contributed by atoms with Crippen LogP contribution < -0.4 is 4.74 Å². The van der Waals surface area contributed by atoms with Crippen LogP contribution in [-0.4, -0.2) is 33.3 Å². The van der Waals surface area contributed by atoms with Crippen LogP contribution in [0.25, 0.3) is 0 Å². The van der Waals surface area contributed by atoms with E-state index in [1.54, 1.807) is 4.68 Å². The fourth-order valence-corrected chi connectivity index (χ4v) is 1.45. The van der Waals surface area contributed by atoms with Crippen LogP contribution in [0, 0.1) is 0 Å². The van der Waals surface area contributed by atoms with Crippen LogP contribution >= 0.6 is 0 Å². The third-order valence-electron chi connectivity index (χ3n) is 2.29. The molecular weight excluding hydrogens is 218 g/mol. The summed E-state index contributed by atoms with van der Waals surface area (Å²) in [5.41, 5.74) is 0.798. The Kier molecular flexibility index (Phi) is 4.10. The molecule has 1 aromatic carbocycles. The molecule has 5 nitrogen and oxygen atoms in total. The highest BCUT2D eigenvalue weighted by Crippen LogP contribution is 2.07. The van der Waals surface area contributed by atoms with Crippen molar-refractivity contribution in [2.75, 3.05) is 13.2 Å². The molecule has 0 aliphatic heterocycles. The molecule has 90 valence electrons. The summed E-state index contributed by atoms with van der Waals surface area (Å²) < 4.78 is 7.26. The SMILES string of the molecule is OCCc1cn(CCOc2ccccc2)nn1. The fraction of sp³-hybridized carbons (Fsp3) is 0.333. The van der Waals surface area contributed by atoms with Gasteiger partial charge in [-0.1, -0.05) is 23.4 Å². The first-order valence-corrected chi connectivity index (χ1v) is 5.56. The summed E-state index contributed by atoms with van der Waals surface area (Å²) in [6, 6.07) is 9.65. The monoisotopic (exact) mass is 233 g/mol. The van der Waals surface area contributed by atoms with E-state index in [0.717, 1.165) is 11.4 Å². The number of aliphatic hydroxyl groups excluding tert-OH is 1. The maximum atomic E-state index is 8.75. The number of hydrogen-bond acceptors (Lipinski definition) is 4. The highest BCUT2D eigenvalue weighted by molar-refractivity contribution is 5.20. The molecule has 0 spiro atoms. The van der Waals surface area contributed by atoms with Gasteiger partial charge in [0.1, 0.15) is 12.4 Å². The lowest BCUT2D eigenvalue weighted by molar-refractivity contribution is 0.289. The van der Waals surface area contributed by atoms with Crippen molar-refractivity contribution in [3.8, 4) is 5.75 Å². The predicted octanol–water partition coefficient (Wildman–Crippen LogP) is 0.892. The molecule has 0 aliphatic carbocycles. The predicted molar refractivity (Wildman–Crippen MR) is 62.7 cm³/mol. The van der Waals surface area contributed by atoms with Gasteiger partial charge in [0, 0.05) is 19.2 Å². The molecule has 0 bridgehead atoms. The van der Waals surface area contributed by atoms with Crippen LogP contribution in [0.15, 0.2) is 36.5 Å². The van der Waals surface area contributed by atoms with Crippen LogP contribution in [0.1, 0.15) is 5.69 Å². The van der Waals surface area contributed by atoms with Gasteiger partial charge in [0.25, 0.3) is 0 Å². The minimum Gasteiger partial charge on any atom is -0.492 e. The second kappa shape index (κ2) is 6.00. The summed E-state index contributed by atoms with van der Waals surface area (Å²) in [5, 5.41) is 16.6. The zero-order valence-corrected chi connectivity index (χ0v) is 9.49. The summed E-state index contributed by atoms with van der Waals surface area (Å²) in [7, 11) is 0. The highest BCUT2D eigenvalue weighted by atomic mass is 16.5. The smallest absolute Gasteiger partial charge is 0.119 e. The van der Waals surface area contributed by atoms with E-state index in [9.17, 15) is 0 Å². The lowest BCUT2D eigenvalue weighted by atomic mass is 10.3. The van der Waals surface area contributed by atoms with Gasteiger partial charge in [0.05, 0.1) is 12.2 Å². The van der Waals surface area contributed by atoms with Crippen molar-refractivity contribution >= 4 is 0 Å². The fourth-order valence-electron chi connectivity index (χ4n) is 1.45. The first-order chi connectivity index (χ1) is 8.38. The van der Waals surface area contributed by atoms with Gasteiger partial charge in [-0.2, -0.15) is 0 Å². The minimum atomic E-state index is 0.0964. The van der Waals surface area contributed by atoms with E-state index in [1.807, 2.05) is 36.5 Å². The molecule has 0 unspecified atom stereocenters. The van der Waals surface area contributed by atoms with Crippen molar-refractivity contribution < 1.29 is 9.84 Å². The Morgan fingerprint density at radius 2 is 2.06 bits per heavy atom. The largest absolute Gasteiger partial charge is 0.492 e. The van der Waals surface area contributed by atoms with Crippen LogP contribution in [0.5, 0.6) is 5.75 Å². The van der Waals surface area contributed by atoms with E-state index in [-0.39, 0.29) is 6.61 Å². The normalized spacial score (nSPS) is 10.4. The van der Waals surface area contributed by atoms with Crippen molar-refractivity contribution in [3.05, 3.63) is 42.2 Å². The summed E-state index contributed by atoms with van der Waals surface area (Å²) in [6.07, 6.45) is 2.37. The topological polar surface area (TPSA) is 60.2 Å². The van der Waals surface area contributed by atoms with E-state index in [4.69, 9.17) is 9.84 Å². The number of aromatic nitrogens is 3. The van der Waals surface area contributed by atoms with Gasteiger partial charge in [-0.25, -0.2) is 4.68 Å². The Hall–Kier alpha value is -1.88. The summed E-state index contributed by atoms with van der Waals surface area (Å²) in [5.74, 6) is 0.850. The van der Waals surface area contributed by atoms with Crippen LogP contribution in [0.4, 0.5) is 0 Å². The summed E-state index contributed by atoms with van der Waals surface area (Å²) in [4.78, 5) is 0. The molecule has 1 heterocycles. The first kappa shape index (κ1) is 11.6. The second-order valence-corrected chi connectivity index (χ2v) is 3.61. The number of benzene rings is 1. The number of nitrogens with zero attached hydrogens (tertiary/aromatic N) is 3. The van der Waals surface area contributed by atoms with Gasteiger partial charge in [-0.05, 0) is 12.1 Å². The molecule has 0 saturated carbocycles. The Bertz CT molecular complexity index is 442. The molecule has 0 atom stereocenters. The quantitative estimate of drug-likeness (QED) is 0.805. The van der Waals surface area contributed by atoms with Gasteiger partial charge in [0.2, 0.25) is 0 Å². The van der Waals surface area contributed by atoms with Gasteiger partial charge >= 0.3 is 0 Å². The Labute approximate surface area is 99.7 Å². The Morgan fingerprint density at radius 1 is 1.24 bits per heavy atom. The molecular formula is C12H15N3O2. The molecule has 2 aromatic rings. The standard InChI is InChI=1S/C12H15N3O2/c16-8-6-11-10-15(14-13-11)7-9-17-12-4-2-1-3-5-12/h1-5,10,16H,6-9H2. The maximum Gasteiger partial charge on any atom is 0.119 e. The Balaban J connectivity index is 1.78. The van der Waals surface area contributed by atoms with Gasteiger partial charge < -0.3 is 9.84 Å². The van der Waals surface area contributed by atoms with E-state index in [2.05, 4.69) is 10.3 Å². The lowest BCUT2D eigenvalue weighted by Crippen LogP contribution is -2.08. The molecule has 0 fully saturated rings. The van der Waals surface area contributed by atoms with Crippen molar-refractivity contribution in [2.24, 2.45) is 0 Å². The van der Waals surface area contributed by atoms with Crippen molar-refractivity contribution in [3.63, 3.8) is 0 Å². The first-order valence-electron chi connectivity index (χ1n) is 5.56. The lowest BCUT2D eigenvalue weighted by Gasteiger charge is -2.04. The molecule has 0 aliphatic rings. The third-order valence-corrected chi connectivity index (χ3v) is 2.29. The summed E-state index contributed by atoms with van der Waals surface area (Å²) in [6.45, 7) is 1.29. The van der Waals surface area contributed by atoms with Crippen molar-refractivity contribution in [2.45, 2.75) is 13.0 Å².